The van der Waals surface area contributed by atoms with Gasteiger partial charge in [0.1, 0.15) is 11.9 Å². The first-order valence-corrected chi connectivity index (χ1v) is 10.2. The quantitative estimate of drug-likeness (QED) is 0.832. The average Bonchev–Trinajstić information content (AvgIpc) is 2.68. The number of anilines is 2. The highest BCUT2D eigenvalue weighted by Crippen LogP contribution is 2.22. The van der Waals surface area contributed by atoms with Gasteiger partial charge in [0.25, 0.3) is 0 Å². The van der Waals surface area contributed by atoms with Crippen LogP contribution in [0.2, 0.25) is 0 Å². The Bertz CT molecular complexity index is 962. The van der Waals surface area contributed by atoms with Crippen molar-refractivity contribution in [2.75, 3.05) is 42.9 Å². The van der Waals surface area contributed by atoms with Crippen molar-refractivity contribution in [3.05, 3.63) is 41.6 Å². The molecule has 9 heteroatoms. The van der Waals surface area contributed by atoms with E-state index in [0.717, 1.165) is 18.1 Å². The highest BCUT2D eigenvalue weighted by atomic mass is 32.2. The number of nitrogens with one attached hydrogen (secondary N) is 1. The summed E-state index contributed by atoms with van der Waals surface area (Å²) in [5.74, 6) is 1.36. The smallest absolute Gasteiger partial charge is 0.244 e. The lowest BCUT2D eigenvalue weighted by atomic mass is 10.2. The van der Waals surface area contributed by atoms with Gasteiger partial charge in [-0.15, -0.1) is 0 Å². The zero-order valence-corrected chi connectivity index (χ0v) is 16.2. The van der Waals surface area contributed by atoms with Crippen LogP contribution >= 0.6 is 0 Å². The third-order valence-electron chi connectivity index (χ3n) is 4.35. The van der Waals surface area contributed by atoms with Crippen LogP contribution in [0.5, 0.6) is 0 Å². The first-order valence-electron chi connectivity index (χ1n) is 8.79. The van der Waals surface area contributed by atoms with E-state index in [1.165, 1.54) is 16.4 Å². The Labute approximate surface area is 159 Å². The number of hydrogen-bond acceptors (Lipinski definition) is 7. The summed E-state index contributed by atoms with van der Waals surface area (Å²) in [4.78, 5) is 11.0. The van der Waals surface area contributed by atoms with Crippen LogP contribution in [0.1, 0.15) is 18.2 Å². The molecule has 1 aromatic heterocycles. The van der Waals surface area contributed by atoms with Crippen molar-refractivity contribution in [1.82, 2.24) is 14.3 Å². The highest BCUT2D eigenvalue weighted by Gasteiger charge is 2.31. The van der Waals surface area contributed by atoms with E-state index in [9.17, 15) is 13.7 Å². The largest absolute Gasteiger partial charge is 0.370 e. The zero-order chi connectivity index (χ0) is 19.4. The Morgan fingerprint density at radius 3 is 2.56 bits per heavy atom. The molecule has 2 heterocycles. The van der Waals surface area contributed by atoms with Crippen LogP contribution in [-0.2, 0) is 10.0 Å². The lowest BCUT2D eigenvalue weighted by molar-refractivity contribution is 0.382. The van der Waals surface area contributed by atoms with Crippen molar-refractivity contribution in [1.29, 1.82) is 5.26 Å². The molecule has 2 aromatic rings. The van der Waals surface area contributed by atoms with E-state index < -0.39 is 10.0 Å². The summed E-state index contributed by atoms with van der Waals surface area (Å²) in [7, 11) is -3.70. The van der Waals surface area contributed by atoms with E-state index in [-0.39, 0.29) is 10.5 Å². The van der Waals surface area contributed by atoms with Crippen LogP contribution in [0.3, 0.4) is 0 Å². The van der Waals surface area contributed by atoms with Crippen LogP contribution in [0.15, 0.2) is 35.2 Å². The van der Waals surface area contributed by atoms with Crippen molar-refractivity contribution in [2.45, 2.75) is 18.7 Å². The normalized spacial score (nSPS) is 15.4. The van der Waals surface area contributed by atoms with Crippen molar-refractivity contribution in [2.24, 2.45) is 0 Å². The van der Waals surface area contributed by atoms with Crippen molar-refractivity contribution in [3.8, 4) is 6.07 Å². The molecule has 0 amide bonds. The molecule has 1 N–H and O–H groups in total. The van der Waals surface area contributed by atoms with E-state index in [1.807, 2.05) is 30.9 Å². The molecule has 0 unspecified atom stereocenters. The Morgan fingerprint density at radius 1 is 1.19 bits per heavy atom. The van der Waals surface area contributed by atoms with Crippen molar-refractivity contribution >= 4 is 21.8 Å². The second-order valence-electron chi connectivity index (χ2n) is 6.22. The topological polar surface area (TPSA) is 102 Å². The fourth-order valence-corrected chi connectivity index (χ4v) is 4.58. The highest BCUT2D eigenvalue weighted by molar-refractivity contribution is 7.89. The fraction of sp³-hybridized carbons (Fsp3) is 0.389. The third-order valence-corrected chi connectivity index (χ3v) is 6.30. The molecule has 1 aromatic carbocycles. The van der Waals surface area contributed by atoms with Gasteiger partial charge in [-0.3, -0.25) is 0 Å². The number of benzene rings is 1. The first-order chi connectivity index (χ1) is 13.0. The van der Waals surface area contributed by atoms with Gasteiger partial charge in [0, 0.05) is 44.5 Å². The van der Waals surface area contributed by atoms with Gasteiger partial charge in [-0.05, 0) is 26.0 Å². The molecule has 0 aliphatic carbocycles. The molecule has 8 nitrogen and oxygen atoms in total. The van der Waals surface area contributed by atoms with E-state index in [1.54, 1.807) is 12.1 Å². The minimum absolute atomic E-state index is 0.0576. The molecule has 0 radical (unpaired) electrons. The summed E-state index contributed by atoms with van der Waals surface area (Å²) in [5.41, 5.74) is 1.02. The molecule has 27 heavy (non-hydrogen) atoms. The van der Waals surface area contributed by atoms with Gasteiger partial charge in [0.05, 0.1) is 10.5 Å². The number of hydrogen-bond donors (Lipinski definition) is 1. The van der Waals surface area contributed by atoms with Gasteiger partial charge in [-0.25, -0.2) is 13.4 Å². The molecule has 0 bridgehead atoms. The fourth-order valence-electron chi connectivity index (χ4n) is 3.02. The molecule has 0 spiro atoms. The standard InChI is InChI=1S/C18H22N6O2S/c1-3-20-17-12-14(2)21-18(22-17)23-8-10-24(11-9-23)27(25,26)16-7-5-4-6-15(16)13-19/h4-7,12H,3,8-11H2,1-2H3,(H,20,21,22). The molecular weight excluding hydrogens is 364 g/mol. The molecule has 0 saturated carbocycles. The predicted molar refractivity (Wildman–Crippen MR) is 103 cm³/mol. The molecule has 0 atom stereocenters. The maximum atomic E-state index is 12.9. The van der Waals surface area contributed by atoms with Gasteiger partial charge in [0.2, 0.25) is 16.0 Å². The second-order valence-corrected chi connectivity index (χ2v) is 8.13. The summed E-state index contributed by atoms with van der Waals surface area (Å²) in [6.07, 6.45) is 0. The Hall–Kier alpha value is -2.70. The van der Waals surface area contributed by atoms with Gasteiger partial charge >= 0.3 is 0 Å². The SMILES string of the molecule is CCNc1cc(C)nc(N2CCN(S(=O)(=O)c3ccccc3C#N)CC2)n1. The number of aryl methyl sites for hydroxylation is 1. The lowest BCUT2D eigenvalue weighted by Gasteiger charge is -2.34. The van der Waals surface area contributed by atoms with Crippen LogP contribution < -0.4 is 10.2 Å². The molecule has 142 valence electrons. The summed E-state index contributed by atoms with van der Waals surface area (Å²) in [5, 5.41) is 12.4. The molecule has 1 saturated heterocycles. The summed E-state index contributed by atoms with van der Waals surface area (Å²) in [6.45, 7) is 6.28. The minimum Gasteiger partial charge on any atom is -0.370 e. The van der Waals surface area contributed by atoms with Crippen molar-refractivity contribution < 1.29 is 8.42 Å². The summed E-state index contributed by atoms with van der Waals surface area (Å²) < 4.78 is 27.3. The number of rotatable bonds is 5. The number of nitrogens with zero attached hydrogens (tertiary/aromatic N) is 5. The van der Waals surface area contributed by atoms with Gasteiger partial charge in [0.15, 0.2) is 0 Å². The van der Waals surface area contributed by atoms with Crippen LogP contribution in [0.25, 0.3) is 0 Å². The van der Waals surface area contributed by atoms with E-state index in [4.69, 9.17) is 0 Å². The lowest BCUT2D eigenvalue weighted by Crippen LogP contribution is -2.49. The van der Waals surface area contributed by atoms with E-state index in [0.29, 0.717) is 32.1 Å². The maximum absolute atomic E-state index is 12.9. The Morgan fingerprint density at radius 2 is 1.89 bits per heavy atom. The number of aromatic nitrogens is 2. The molecule has 1 aliphatic heterocycles. The number of nitriles is 1. The number of piperazine rings is 1. The molecular formula is C18H22N6O2S. The van der Waals surface area contributed by atoms with Gasteiger partial charge in [-0.2, -0.15) is 14.6 Å². The molecule has 3 rings (SSSR count). The monoisotopic (exact) mass is 386 g/mol. The summed E-state index contributed by atoms with van der Waals surface area (Å²) in [6, 6.07) is 10.1. The third kappa shape index (κ3) is 4.02. The average molecular weight is 386 g/mol. The predicted octanol–water partition coefficient (Wildman–Crippen LogP) is 1.60. The minimum atomic E-state index is -3.70. The van der Waals surface area contributed by atoms with E-state index in [2.05, 4.69) is 15.3 Å². The number of sulfonamides is 1. The van der Waals surface area contributed by atoms with Crippen LogP contribution in [-0.4, -0.2) is 55.4 Å². The maximum Gasteiger partial charge on any atom is 0.244 e. The van der Waals surface area contributed by atoms with Crippen LogP contribution in [0, 0.1) is 18.3 Å². The van der Waals surface area contributed by atoms with Gasteiger partial charge in [-0.1, -0.05) is 12.1 Å². The van der Waals surface area contributed by atoms with Crippen LogP contribution in [0.4, 0.5) is 11.8 Å². The van der Waals surface area contributed by atoms with E-state index >= 15 is 0 Å². The molecule has 1 fully saturated rings. The Kier molecular flexibility index (Phi) is 5.58. The van der Waals surface area contributed by atoms with Crippen molar-refractivity contribution in [3.63, 3.8) is 0 Å². The molecule has 1 aliphatic rings. The van der Waals surface area contributed by atoms with Gasteiger partial charge < -0.3 is 10.2 Å². The first kappa shape index (κ1) is 19.1. The summed E-state index contributed by atoms with van der Waals surface area (Å²) >= 11 is 0. The second kappa shape index (κ2) is 7.90. The zero-order valence-electron chi connectivity index (χ0n) is 15.4. The Balaban J connectivity index is 1.77.